The van der Waals surface area contributed by atoms with Crippen LogP contribution in [0.2, 0.25) is 0 Å². The Morgan fingerprint density at radius 2 is 2.03 bits per heavy atom. The van der Waals surface area contributed by atoms with Gasteiger partial charge >= 0.3 is 5.97 Å². The fourth-order valence-electron chi connectivity index (χ4n) is 4.32. The van der Waals surface area contributed by atoms with Gasteiger partial charge in [-0.25, -0.2) is 4.79 Å². The highest BCUT2D eigenvalue weighted by molar-refractivity contribution is 8.14. The van der Waals surface area contributed by atoms with Crippen LogP contribution in [0.25, 0.3) is 0 Å². The van der Waals surface area contributed by atoms with E-state index in [-0.39, 0.29) is 45.4 Å². The summed E-state index contributed by atoms with van der Waals surface area (Å²) < 4.78 is 32.7. The van der Waals surface area contributed by atoms with Gasteiger partial charge in [0.05, 0.1) is 39.1 Å². The van der Waals surface area contributed by atoms with Crippen LogP contribution in [0, 0.1) is 5.92 Å². The third-order valence-electron chi connectivity index (χ3n) is 6.71. The highest BCUT2D eigenvalue weighted by atomic mass is 32.2. The lowest BCUT2D eigenvalue weighted by Crippen LogP contribution is -2.39. The molecule has 0 saturated carbocycles. The molecule has 3 heterocycles. The Bertz CT molecular complexity index is 1030. The number of epoxide rings is 1. The first kappa shape index (κ1) is 29.0. The third-order valence-corrected chi connectivity index (χ3v) is 8.00. The number of aliphatic hydroxyl groups excluding tert-OH is 2. The molecular formula is C25H35NO11S. The number of benzene rings is 1. The molecule has 12 nitrogen and oxygen atoms in total. The Balaban J connectivity index is 1.18. The van der Waals surface area contributed by atoms with E-state index in [9.17, 15) is 25.2 Å². The van der Waals surface area contributed by atoms with Crippen LogP contribution < -0.4 is 4.74 Å². The Hall–Kier alpha value is -1.97. The molecule has 0 spiro atoms. The normalized spacial score (nSPS) is 34.3. The van der Waals surface area contributed by atoms with Crippen LogP contribution in [0.3, 0.4) is 0 Å². The lowest BCUT2D eigenvalue weighted by molar-refractivity contribution is -0.238. The Labute approximate surface area is 224 Å². The molecule has 7 atom stereocenters. The third kappa shape index (κ3) is 6.10. The topological polar surface area (TPSA) is 169 Å². The number of aliphatic hydroxyl groups is 3. The van der Waals surface area contributed by atoms with Crippen molar-refractivity contribution in [1.29, 1.82) is 0 Å². The van der Waals surface area contributed by atoms with E-state index in [1.807, 2.05) is 0 Å². The molecule has 13 heteroatoms. The molecule has 1 aromatic carbocycles. The predicted octanol–water partition coefficient (Wildman–Crippen LogP) is 0.421. The highest BCUT2D eigenvalue weighted by Crippen LogP contribution is 2.48. The average molecular weight is 558 g/mol. The van der Waals surface area contributed by atoms with Crippen molar-refractivity contribution in [3.05, 3.63) is 23.8 Å². The minimum atomic E-state index is -1.53. The number of carbonyl (C=O) groups is 1. The van der Waals surface area contributed by atoms with E-state index >= 15 is 0 Å². The van der Waals surface area contributed by atoms with Crippen LogP contribution in [-0.2, 0) is 28.5 Å². The number of fused-ring (bicyclic) bond motifs is 1. The second-order valence-corrected chi connectivity index (χ2v) is 10.5. The van der Waals surface area contributed by atoms with E-state index in [1.54, 1.807) is 32.9 Å². The van der Waals surface area contributed by atoms with E-state index in [2.05, 4.69) is 4.99 Å². The number of hydrogen-bond donors (Lipinski definition) is 4. The van der Waals surface area contributed by atoms with Crippen LogP contribution >= 0.6 is 11.8 Å². The summed E-state index contributed by atoms with van der Waals surface area (Å²) in [5.74, 6) is -1.59. The van der Waals surface area contributed by atoms with E-state index in [4.69, 9.17) is 28.4 Å². The zero-order chi connectivity index (χ0) is 27.5. The molecule has 0 aromatic heterocycles. The summed E-state index contributed by atoms with van der Waals surface area (Å²) in [4.78, 5) is 16.7. The number of ether oxygens (including phenoxy) is 6. The number of rotatable bonds is 12. The number of carbonyl (C=O) groups excluding carboxylic acids is 1. The lowest BCUT2D eigenvalue weighted by atomic mass is 9.95. The van der Waals surface area contributed by atoms with Crippen LogP contribution in [0.15, 0.2) is 23.2 Å². The predicted molar refractivity (Wildman–Crippen MR) is 135 cm³/mol. The lowest BCUT2D eigenvalue weighted by Gasteiger charge is -2.27. The smallest absolute Gasteiger partial charge is 0.334 e. The van der Waals surface area contributed by atoms with Gasteiger partial charge in [-0.15, -0.1) is 11.8 Å². The first-order valence-corrected chi connectivity index (χ1v) is 13.5. The van der Waals surface area contributed by atoms with E-state index < -0.39 is 47.8 Å². The van der Waals surface area contributed by atoms with Crippen molar-refractivity contribution in [3.63, 3.8) is 0 Å². The molecule has 2 fully saturated rings. The molecule has 0 radical (unpaired) electrons. The van der Waals surface area contributed by atoms with Gasteiger partial charge in [0.2, 0.25) is 5.79 Å². The monoisotopic (exact) mass is 557 g/mol. The van der Waals surface area contributed by atoms with E-state index in [0.717, 1.165) is 0 Å². The zero-order valence-electron chi connectivity index (χ0n) is 21.6. The van der Waals surface area contributed by atoms with Gasteiger partial charge in [0.1, 0.15) is 35.4 Å². The summed E-state index contributed by atoms with van der Waals surface area (Å²) in [6.45, 7) is 5.80. The number of thioether (sulfide) groups is 1. The maximum absolute atomic E-state index is 12.2. The molecule has 0 bridgehead atoms. The van der Waals surface area contributed by atoms with Crippen molar-refractivity contribution in [2.45, 2.75) is 56.7 Å². The molecule has 212 valence electrons. The van der Waals surface area contributed by atoms with Crippen molar-refractivity contribution in [2.24, 2.45) is 10.9 Å². The quantitative estimate of drug-likeness (QED) is 0.159. The molecular weight excluding hydrogens is 522 g/mol. The summed E-state index contributed by atoms with van der Waals surface area (Å²) in [6.07, 6.45) is -3.86. The fourth-order valence-corrected chi connectivity index (χ4v) is 5.52. The summed E-state index contributed by atoms with van der Waals surface area (Å²) >= 11 is 1.38. The first-order chi connectivity index (χ1) is 18.1. The summed E-state index contributed by atoms with van der Waals surface area (Å²) in [5.41, 5.74) is -0.466. The van der Waals surface area contributed by atoms with Crippen LogP contribution in [-0.4, -0.2) is 113 Å². The van der Waals surface area contributed by atoms with Crippen molar-refractivity contribution in [2.75, 3.05) is 45.4 Å². The van der Waals surface area contributed by atoms with Gasteiger partial charge in [0.25, 0.3) is 0 Å². The number of phenols is 1. The number of phenolic OH excluding ortho intramolecular Hbond substituents is 1. The Morgan fingerprint density at radius 1 is 1.26 bits per heavy atom. The van der Waals surface area contributed by atoms with Crippen molar-refractivity contribution in [3.8, 4) is 11.5 Å². The van der Waals surface area contributed by atoms with Gasteiger partial charge in [-0.05, 0) is 26.0 Å². The fraction of sp³-hybridized carbons (Fsp3) is 0.680. The number of aliphatic imine (C=N–C) groups is 1. The minimum absolute atomic E-state index is 0.0137. The number of esters is 1. The van der Waals surface area contributed by atoms with E-state index in [1.165, 1.54) is 17.8 Å². The van der Waals surface area contributed by atoms with Gasteiger partial charge in [-0.1, -0.05) is 6.92 Å². The molecule has 4 N–H and O–H groups in total. The summed E-state index contributed by atoms with van der Waals surface area (Å²) in [7, 11) is 0. The van der Waals surface area contributed by atoms with Crippen molar-refractivity contribution < 1.29 is 53.6 Å². The second-order valence-electron chi connectivity index (χ2n) is 9.51. The maximum Gasteiger partial charge on any atom is 0.334 e. The van der Waals surface area contributed by atoms with Gasteiger partial charge < -0.3 is 48.8 Å². The molecule has 3 aliphatic rings. The number of nitrogens with zero attached hydrogens (tertiary/aromatic N) is 1. The number of hydrogen-bond acceptors (Lipinski definition) is 13. The molecule has 3 aliphatic heterocycles. The Morgan fingerprint density at radius 3 is 2.74 bits per heavy atom. The average Bonchev–Trinajstić information content (AvgIpc) is 3.45. The zero-order valence-corrected chi connectivity index (χ0v) is 22.4. The van der Waals surface area contributed by atoms with Crippen LogP contribution in [0.5, 0.6) is 11.5 Å². The Kier molecular flexibility index (Phi) is 9.20. The molecule has 0 amide bonds. The summed E-state index contributed by atoms with van der Waals surface area (Å²) in [6, 6.07) is 4.86. The first-order valence-electron chi connectivity index (χ1n) is 12.5. The standard InChI is InChI=1S/C25H35NO11S/c1-4-33-23(30)24(3)13-38-21(26-24)16-6-5-15(11-17(16)28)34-9-7-32-8-10-35-22-19(29)20-25(31,37-20)14(2)18(12-27)36-22/h5-6,11,14,18-20,22,27-29,31H,4,7-10,12-13H2,1-3H3. The molecule has 38 heavy (non-hydrogen) atoms. The number of aromatic hydroxyl groups is 1. The molecule has 2 saturated heterocycles. The van der Waals surface area contributed by atoms with Crippen LogP contribution in [0.1, 0.15) is 26.3 Å². The van der Waals surface area contributed by atoms with E-state index in [0.29, 0.717) is 22.1 Å². The molecule has 1 aromatic rings. The highest BCUT2D eigenvalue weighted by Gasteiger charge is 2.67. The van der Waals surface area contributed by atoms with Gasteiger partial charge in [-0.3, -0.25) is 4.99 Å². The summed E-state index contributed by atoms with van der Waals surface area (Å²) in [5, 5.41) is 41.4. The largest absolute Gasteiger partial charge is 0.507 e. The maximum atomic E-state index is 12.2. The van der Waals surface area contributed by atoms with Crippen molar-refractivity contribution >= 4 is 22.8 Å². The molecule has 0 aliphatic carbocycles. The SMILES string of the molecule is CCOC(=O)C1(C)CSC(c2ccc(OCCOCCOC3OC(CO)C(C)C4(O)OC4C3O)cc2O)=N1. The van der Waals surface area contributed by atoms with Crippen LogP contribution in [0.4, 0.5) is 0 Å². The van der Waals surface area contributed by atoms with Crippen molar-refractivity contribution in [1.82, 2.24) is 0 Å². The van der Waals surface area contributed by atoms with Gasteiger partial charge in [-0.2, -0.15) is 0 Å². The molecule has 4 rings (SSSR count). The van der Waals surface area contributed by atoms with Gasteiger partial charge in [0.15, 0.2) is 11.8 Å². The molecule has 7 unspecified atom stereocenters. The second kappa shape index (κ2) is 12.0. The minimum Gasteiger partial charge on any atom is -0.507 e. The van der Waals surface area contributed by atoms with Gasteiger partial charge in [0, 0.05) is 23.3 Å².